The zero-order valence-corrected chi connectivity index (χ0v) is 17.2. The van der Waals surface area contributed by atoms with E-state index in [1.165, 1.54) is 15.3 Å². The first-order valence-corrected chi connectivity index (χ1v) is 10.9. The van der Waals surface area contributed by atoms with Crippen LogP contribution < -0.4 is 0 Å². The van der Waals surface area contributed by atoms with Crippen molar-refractivity contribution in [3.63, 3.8) is 0 Å². The van der Waals surface area contributed by atoms with E-state index in [-0.39, 0.29) is 4.90 Å². The Balaban J connectivity index is 2.02. The van der Waals surface area contributed by atoms with Crippen LogP contribution in [0.5, 0.6) is 0 Å². The summed E-state index contributed by atoms with van der Waals surface area (Å²) in [5.74, 6) is 0. The predicted octanol–water partition coefficient (Wildman–Crippen LogP) is 4.78. The summed E-state index contributed by atoms with van der Waals surface area (Å²) in [6.45, 7) is 3.86. The molecule has 5 nitrogen and oxygen atoms in total. The first-order chi connectivity index (χ1) is 12.4. The highest BCUT2D eigenvalue weighted by Gasteiger charge is 2.24. The van der Waals surface area contributed by atoms with Gasteiger partial charge in [-0.15, -0.1) is 11.3 Å². The maximum absolute atomic E-state index is 13.2. The van der Waals surface area contributed by atoms with Crippen molar-refractivity contribution in [2.45, 2.75) is 18.7 Å². The SMILES string of the molecule is Cc1ccc(S(=O)(=O)n2cc(-c3nc(Br)cs3)c3c(C)ccnc32)cc1. The summed E-state index contributed by atoms with van der Waals surface area (Å²) >= 11 is 4.81. The molecule has 3 heterocycles. The molecule has 3 aromatic heterocycles. The zero-order valence-electron chi connectivity index (χ0n) is 14.0. The first kappa shape index (κ1) is 17.4. The lowest BCUT2D eigenvalue weighted by Crippen LogP contribution is -2.12. The van der Waals surface area contributed by atoms with E-state index >= 15 is 0 Å². The third kappa shape index (κ3) is 2.78. The van der Waals surface area contributed by atoms with Gasteiger partial charge in [0.25, 0.3) is 10.0 Å². The van der Waals surface area contributed by atoms with Gasteiger partial charge in [-0.2, -0.15) is 0 Å². The van der Waals surface area contributed by atoms with Crippen LogP contribution in [0.3, 0.4) is 0 Å². The van der Waals surface area contributed by atoms with Crippen molar-refractivity contribution in [3.8, 4) is 10.6 Å². The van der Waals surface area contributed by atoms with Crippen molar-refractivity contribution < 1.29 is 8.42 Å². The fraction of sp³-hybridized carbons (Fsp3) is 0.111. The molecule has 0 spiro atoms. The van der Waals surface area contributed by atoms with Gasteiger partial charge in [0.2, 0.25) is 0 Å². The molecule has 0 N–H and O–H groups in total. The molecule has 4 aromatic rings. The number of aryl methyl sites for hydroxylation is 2. The van der Waals surface area contributed by atoms with E-state index in [4.69, 9.17) is 0 Å². The smallest absolute Gasteiger partial charge is 0.237 e. The molecule has 0 radical (unpaired) electrons. The Kier molecular flexibility index (Phi) is 4.21. The molecule has 0 aliphatic heterocycles. The minimum absolute atomic E-state index is 0.232. The van der Waals surface area contributed by atoms with E-state index in [0.717, 1.165) is 31.7 Å². The number of halogens is 1. The number of hydrogen-bond acceptors (Lipinski definition) is 5. The summed E-state index contributed by atoms with van der Waals surface area (Å²) in [6, 6.07) is 8.68. The number of nitrogens with zero attached hydrogens (tertiary/aromatic N) is 3. The molecule has 26 heavy (non-hydrogen) atoms. The van der Waals surface area contributed by atoms with E-state index in [0.29, 0.717) is 5.65 Å². The van der Waals surface area contributed by atoms with Crippen LogP contribution >= 0.6 is 27.3 Å². The van der Waals surface area contributed by atoms with E-state index < -0.39 is 10.0 Å². The Morgan fingerprint density at radius 3 is 2.50 bits per heavy atom. The molecule has 8 heteroatoms. The van der Waals surface area contributed by atoms with Gasteiger partial charge in [0.1, 0.15) is 9.61 Å². The number of thiazole rings is 1. The second-order valence-corrected chi connectivity index (χ2v) is 9.44. The fourth-order valence-electron chi connectivity index (χ4n) is 2.83. The van der Waals surface area contributed by atoms with Gasteiger partial charge >= 0.3 is 0 Å². The normalized spacial score (nSPS) is 12.0. The molecule has 0 aliphatic carbocycles. The van der Waals surface area contributed by atoms with Gasteiger partial charge in [-0.05, 0) is 53.5 Å². The third-order valence-corrected chi connectivity index (χ3v) is 7.40. The fourth-order valence-corrected chi connectivity index (χ4v) is 5.42. The summed E-state index contributed by atoms with van der Waals surface area (Å²) < 4.78 is 28.4. The van der Waals surface area contributed by atoms with Crippen LogP contribution in [0.1, 0.15) is 11.1 Å². The lowest BCUT2D eigenvalue weighted by Gasteiger charge is -2.07. The van der Waals surface area contributed by atoms with E-state index in [2.05, 4.69) is 25.9 Å². The van der Waals surface area contributed by atoms with Gasteiger partial charge in [-0.3, -0.25) is 0 Å². The molecule has 0 fully saturated rings. The molecule has 0 amide bonds. The summed E-state index contributed by atoms with van der Waals surface area (Å²) in [4.78, 5) is 9.04. The number of pyridine rings is 1. The molecule has 0 atom stereocenters. The Hall–Kier alpha value is -2.03. The van der Waals surface area contributed by atoms with Gasteiger partial charge in [0.05, 0.1) is 4.90 Å². The summed E-state index contributed by atoms with van der Waals surface area (Å²) in [5, 5.41) is 3.42. The Labute approximate surface area is 163 Å². The van der Waals surface area contributed by atoms with E-state index in [1.54, 1.807) is 36.7 Å². The number of rotatable bonds is 3. The standard InChI is InChI=1S/C18H14BrN3O2S2/c1-11-3-5-13(6-4-11)26(23,24)22-9-14(18-21-15(19)10-25-18)16-12(2)7-8-20-17(16)22/h3-10H,1-2H3. The van der Waals surface area contributed by atoms with Crippen LogP contribution in [0, 0.1) is 13.8 Å². The van der Waals surface area contributed by atoms with Gasteiger partial charge in [0, 0.05) is 28.7 Å². The van der Waals surface area contributed by atoms with Crippen molar-refractivity contribution in [1.29, 1.82) is 0 Å². The van der Waals surface area contributed by atoms with Crippen LogP contribution in [-0.4, -0.2) is 22.4 Å². The first-order valence-electron chi connectivity index (χ1n) is 7.78. The number of benzene rings is 1. The van der Waals surface area contributed by atoms with Crippen molar-refractivity contribution in [1.82, 2.24) is 13.9 Å². The Morgan fingerprint density at radius 2 is 1.85 bits per heavy atom. The van der Waals surface area contributed by atoms with Crippen molar-refractivity contribution >= 4 is 48.3 Å². The lowest BCUT2D eigenvalue weighted by atomic mass is 10.1. The second-order valence-electron chi connectivity index (χ2n) is 5.96. The lowest BCUT2D eigenvalue weighted by molar-refractivity contribution is 0.589. The minimum Gasteiger partial charge on any atom is -0.237 e. The zero-order chi connectivity index (χ0) is 18.5. The highest BCUT2D eigenvalue weighted by Crippen LogP contribution is 2.36. The topological polar surface area (TPSA) is 64.8 Å². The average Bonchev–Trinajstić information content (AvgIpc) is 3.20. The molecule has 4 rings (SSSR count). The quantitative estimate of drug-likeness (QED) is 0.453. The van der Waals surface area contributed by atoms with Crippen molar-refractivity contribution in [2.24, 2.45) is 0 Å². The molecule has 1 aromatic carbocycles. The number of hydrogen-bond donors (Lipinski definition) is 0. The van der Waals surface area contributed by atoms with Gasteiger partial charge < -0.3 is 0 Å². The second kappa shape index (κ2) is 6.29. The molecular weight excluding hydrogens is 434 g/mol. The van der Waals surface area contributed by atoms with Gasteiger partial charge in [-0.1, -0.05) is 17.7 Å². The average molecular weight is 448 g/mol. The summed E-state index contributed by atoms with van der Waals surface area (Å²) in [6.07, 6.45) is 3.24. The predicted molar refractivity (Wildman–Crippen MR) is 107 cm³/mol. The summed E-state index contributed by atoms with van der Waals surface area (Å²) in [7, 11) is -3.76. The van der Waals surface area contributed by atoms with Crippen molar-refractivity contribution in [2.75, 3.05) is 0 Å². The highest BCUT2D eigenvalue weighted by atomic mass is 79.9. The monoisotopic (exact) mass is 447 g/mol. The Morgan fingerprint density at radius 1 is 1.12 bits per heavy atom. The molecule has 0 saturated heterocycles. The maximum atomic E-state index is 13.2. The van der Waals surface area contributed by atoms with Crippen molar-refractivity contribution in [3.05, 3.63) is 63.8 Å². The molecule has 132 valence electrons. The maximum Gasteiger partial charge on any atom is 0.269 e. The van der Waals surface area contributed by atoms with Crippen LogP contribution in [0.2, 0.25) is 0 Å². The van der Waals surface area contributed by atoms with Crippen LogP contribution in [0.15, 0.2) is 57.6 Å². The minimum atomic E-state index is -3.76. The molecule has 0 bridgehead atoms. The van der Waals surface area contributed by atoms with Gasteiger partial charge in [-0.25, -0.2) is 22.4 Å². The number of fused-ring (bicyclic) bond motifs is 1. The molecule has 0 unspecified atom stereocenters. The number of aromatic nitrogens is 3. The molecule has 0 aliphatic rings. The van der Waals surface area contributed by atoms with Crippen LogP contribution in [0.25, 0.3) is 21.6 Å². The van der Waals surface area contributed by atoms with Crippen LogP contribution in [0.4, 0.5) is 0 Å². The Bertz CT molecular complexity index is 1230. The highest BCUT2D eigenvalue weighted by molar-refractivity contribution is 9.10. The van der Waals surface area contributed by atoms with E-state index in [1.807, 2.05) is 25.3 Å². The largest absolute Gasteiger partial charge is 0.269 e. The molecule has 0 saturated carbocycles. The van der Waals surface area contributed by atoms with Gasteiger partial charge in [0.15, 0.2) is 5.65 Å². The summed E-state index contributed by atoms with van der Waals surface area (Å²) in [5.41, 5.74) is 3.13. The van der Waals surface area contributed by atoms with Crippen LogP contribution in [-0.2, 0) is 10.0 Å². The molecular formula is C18H14BrN3O2S2. The van der Waals surface area contributed by atoms with E-state index in [9.17, 15) is 8.42 Å². The third-order valence-electron chi connectivity index (χ3n) is 4.15.